The third-order valence-electron chi connectivity index (χ3n) is 2.50. The summed E-state index contributed by atoms with van der Waals surface area (Å²) < 4.78 is 34.9. The number of unbranched alkanes of at least 4 members (excludes halogenated alkanes) is 5. The molecule has 0 aliphatic heterocycles. The van der Waals surface area contributed by atoms with E-state index >= 15 is 0 Å². The first-order chi connectivity index (χ1) is 9.12. The minimum Gasteiger partial charge on any atom is -0.726 e. The van der Waals surface area contributed by atoms with Crippen molar-refractivity contribution in [3.8, 4) is 0 Å². The van der Waals surface area contributed by atoms with Crippen molar-refractivity contribution in [2.45, 2.75) is 45.4 Å². The summed E-state index contributed by atoms with van der Waals surface area (Å²) in [7, 11) is 1.68. The molecule has 20 heavy (non-hydrogen) atoms. The zero-order chi connectivity index (χ0) is 16.1. The smallest absolute Gasteiger partial charge is 0.217 e. The van der Waals surface area contributed by atoms with Crippen LogP contribution in [-0.4, -0.2) is 63.5 Å². The molecule has 0 saturated heterocycles. The van der Waals surface area contributed by atoms with Crippen LogP contribution in [-0.2, 0) is 14.6 Å². The molecule has 0 radical (unpaired) electrons. The first-order valence-corrected chi connectivity index (χ1v) is 8.47. The predicted molar refractivity (Wildman–Crippen MR) is 79.0 cm³/mol. The number of nitrogens with zero attached hydrogens (tertiary/aromatic N) is 1. The maximum atomic E-state index is 9.99. The molecule has 0 spiro atoms. The van der Waals surface area contributed by atoms with Gasteiger partial charge in [-0.25, -0.2) is 8.42 Å². The van der Waals surface area contributed by atoms with Gasteiger partial charge in [-0.15, -0.1) is 0 Å². The van der Waals surface area contributed by atoms with Gasteiger partial charge in [-0.1, -0.05) is 39.0 Å². The second-order valence-electron chi connectivity index (χ2n) is 5.74. The Morgan fingerprint density at radius 3 is 1.90 bits per heavy atom. The molecular formula is C13H31NO5S. The van der Waals surface area contributed by atoms with Crippen LogP contribution in [0.25, 0.3) is 0 Å². The van der Waals surface area contributed by atoms with Gasteiger partial charge in [-0.2, -0.15) is 0 Å². The summed E-state index contributed by atoms with van der Waals surface area (Å²) in [6.07, 6.45) is 6.21. The van der Waals surface area contributed by atoms with Gasteiger partial charge in [0.15, 0.2) is 0 Å². The van der Waals surface area contributed by atoms with Gasteiger partial charge >= 0.3 is 0 Å². The molecule has 0 aliphatic carbocycles. The molecule has 124 valence electrons. The van der Waals surface area contributed by atoms with Crippen molar-refractivity contribution in [1.29, 1.82) is 0 Å². The van der Waals surface area contributed by atoms with Crippen LogP contribution < -0.4 is 0 Å². The van der Waals surface area contributed by atoms with Gasteiger partial charge in [-0.05, 0) is 6.42 Å². The van der Waals surface area contributed by atoms with Crippen LogP contribution in [0.4, 0.5) is 0 Å². The molecule has 7 heteroatoms. The lowest BCUT2D eigenvalue weighted by molar-refractivity contribution is -0.870. The van der Waals surface area contributed by atoms with Crippen molar-refractivity contribution in [3.05, 3.63) is 0 Å². The van der Waals surface area contributed by atoms with Crippen LogP contribution in [0, 0.1) is 0 Å². The van der Waals surface area contributed by atoms with E-state index in [2.05, 4.69) is 32.2 Å². The Bertz CT molecular complexity index is 298. The zero-order valence-corrected chi connectivity index (χ0v) is 14.1. The van der Waals surface area contributed by atoms with Crippen molar-refractivity contribution in [2.75, 3.05) is 40.9 Å². The van der Waals surface area contributed by atoms with E-state index < -0.39 is 10.4 Å². The van der Waals surface area contributed by atoms with Gasteiger partial charge in [0.1, 0.15) is 6.54 Å². The largest absolute Gasteiger partial charge is 0.726 e. The summed E-state index contributed by atoms with van der Waals surface area (Å²) in [5, 5.41) is 8.39. The molecule has 0 aromatic heterocycles. The molecule has 1 N–H and O–H groups in total. The zero-order valence-electron chi connectivity index (χ0n) is 13.3. The molecule has 0 unspecified atom stereocenters. The highest BCUT2D eigenvalue weighted by atomic mass is 32.3. The molecule has 0 saturated carbocycles. The lowest BCUT2D eigenvalue weighted by atomic mass is 10.1. The fourth-order valence-electron chi connectivity index (χ4n) is 1.34. The summed E-state index contributed by atoms with van der Waals surface area (Å²) in [4.78, 5) is 0. The number of aliphatic hydroxyl groups excluding tert-OH is 1. The van der Waals surface area contributed by atoms with Gasteiger partial charge in [0.2, 0.25) is 10.4 Å². The van der Waals surface area contributed by atoms with Crippen molar-refractivity contribution in [3.63, 3.8) is 0 Å². The molecular weight excluding hydrogens is 282 g/mol. The number of hydrogen-bond donors (Lipinski definition) is 1. The molecule has 0 atom stereocenters. The van der Waals surface area contributed by atoms with Gasteiger partial charge in [-0.3, -0.25) is 4.18 Å². The topological polar surface area (TPSA) is 86.7 Å². The van der Waals surface area contributed by atoms with Crippen molar-refractivity contribution >= 4 is 10.4 Å². The second kappa shape index (κ2) is 12.5. The number of aliphatic hydroxyl groups is 1. The molecule has 0 aromatic rings. The van der Waals surface area contributed by atoms with Gasteiger partial charge in [0, 0.05) is 0 Å². The van der Waals surface area contributed by atoms with E-state index in [1.807, 2.05) is 0 Å². The molecule has 0 aromatic carbocycles. The quantitative estimate of drug-likeness (QED) is 0.286. The van der Waals surface area contributed by atoms with Crippen molar-refractivity contribution in [1.82, 2.24) is 0 Å². The SMILES string of the molecule is CCCCCCCCOS(=O)(=O)[O-].C[N+](C)(C)CCO. The van der Waals surface area contributed by atoms with Crippen molar-refractivity contribution in [2.24, 2.45) is 0 Å². The molecule has 0 amide bonds. The number of quaternary nitrogens is 1. The van der Waals surface area contributed by atoms with E-state index in [1.165, 1.54) is 19.3 Å². The van der Waals surface area contributed by atoms with E-state index in [0.717, 1.165) is 23.9 Å². The highest BCUT2D eigenvalue weighted by molar-refractivity contribution is 7.80. The van der Waals surface area contributed by atoms with Gasteiger partial charge < -0.3 is 14.1 Å². The summed E-state index contributed by atoms with van der Waals surface area (Å²) in [5.41, 5.74) is 0. The molecule has 6 nitrogen and oxygen atoms in total. The Labute approximate surface area is 124 Å². The highest BCUT2D eigenvalue weighted by Gasteiger charge is 2.02. The normalized spacial score (nSPS) is 11.9. The third-order valence-corrected chi connectivity index (χ3v) is 2.95. The summed E-state index contributed by atoms with van der Waals surface area (Å²) in [6.45, 7) is 3.27. The maximum absolute atomic E-state index is 9.99. The number of hydrogen-bond acceptors (Lipinski definition) is 5. The van der Waals surface area contributed by atoms with Crippen LogP contribution in [0.2, 0.25) is 0 Å². The maximum Gasteiger partial charge on any atom is 0.217 e. The molecule has 0 heterocycles. The van der Waals surface area contributed by atoms with E-state index in [4.69, 9.17) is 5.11 Å². The third kappa shape index (κ3) is 26.4. The monoisotopic (exact) mass is 313 g/mol. The Balaban J connectivity index is 0. The fraction of sp³-hybridized carbons (Fsp3) is 1.00. The lowest BCUT2D eigenvalue weighted by Crippen LogP contribution is -2.36. The minimum atomic E-state index is -4.47. The molecule has 0 rings (SSSR count). The Morgan fingerprint density at radius 2 is 1.55 bits per heavy atom. The van der Waals surface area contributed by atoms with E-state index in [1.54, 1.807) is 0 Å². The average Bonchev–Trinajstić information content (AvgIpc) is 2.25. The standard InChI is InChI=1S/C8H18O4S.C5H14NO/c1-2-3-4-5-6-7-8-12-13(9,10)11;1-6(2,3)4-5-7/h2-8H2,1H3,(H,9,10,11);7H,4-5H2,1-3H3/q;+1/p-1. The Morgan fingerprint density at radius 1 is 1.05 bits per heavy atom. The fourth-order valence-corrected chi connectivity index (χ4v) is 1.67. The minimum absolute atomic E-state index is 0.0258. The van der Waals surface area contributed by atoms with Crippen LogP contribution in [0.15, 0.2) is 0 Å². The van der Waals surface area contributed by atoms with Gasteiger partial charge in [0.05, 0.1) is 34.4 Å². The van der Waals surface area contributed by atoms with Crippen LogP contribution in [0.5, 0.6) is 0 Å². The summed E-state index contributed by atoms with van der Waals surface area (Å²) in [6, 6.07) is 0. The molecule has 0 fully saturated rings. The molecule has 0 aliphatic rings. The second-order valence-corrected chi connectivity index (χ2v) is 6.79. The van der Waals surface area contributed by atoms with E-state index in [-0.39, 0.29) is 13.2 Å². The number of rotatable bonds is 10. The van der Waals surface area contributed by atoms with Crippen LogP contribution in [0.3, 0.4) is 0 Å². The summed E-state index contributed by atoms with van der Waals surface area (Å²) in [5.74, 6) is 0. The van der Waals surface area contributed by atoms with Crippen molar-refractivity contribution < 1.29 is 26.7 Å². The molecule has 0 bridgehead atoms. The average molecular weight is 313 g/mol. The first-order valence-electron chi connectivity index (χ1n) is 7.14. The van der Waals surface area contributed by atoms with Gasteiger partial charge in [0.25, 0.3) is 0 Å². The Hall–Kier alpha value is -0.210. The summed E-state index contributed by atoms with van der Waals surface area (Å²) >= 11 is 0. The van der Waals surface area contributed by atoms with E-state index in [9.17, 15) is 13.0 Å². The predicted octanol–water partition coefficient (Wildman–Crippen LogP) is 1.51. The van der Waals surface area contributed by atoms with Crippen LogP contribution >= 0.6 is 0 Å². The lowest BCUT2D eigenvalue weighted by Gasteiger charge is -2.21. The number of likely N-dealkylation sites (N-methyl/N-ethyl adjacent to an activating group) is 1. The first kappa shape index (κ1) is 22.1. The van der Waals surface area contributed by atoms with Crippen LogP contribution in [0.1, 0.15) is 45.4 Å². The highest BCUT2D eigenvalue weighted by Crippen LogP contribution is 2.05. The Kier molecular flexibility index (Phi) is 13.8. The van der Waals surface area contributed by atoms with E-state index in [0.29, 0.717) is 6.42 Å².